The topological polar surface area (TPSA) is 45.2 Å². The van der Waals surface area contributed by atoms with Gasteiger partial charge in [0.25, 0.3) is 5.91 Å². The number of halogens is 2. The van der Waals surface area contributed by atoms with E-state index in [9.17, 15) is 4.79 Å². The van der Waals surface area contributed by atoms with Gasteiger partial charge in [0.2, 0.25) is 0 Å². The van der Waals surface area contributed by atoms with Gasteiger partial charge in [-0.05, 0) is 36.4 Å². The minimum absolute atomic E-state index is 0.274. The average Bonchev–Trinajstić information content (AvgIpc) is 2.65. The number of hydrogen-bond donors (Lipinski definition) is 1. The zero-order valence-corrected chi connectivity index (χ0v) is 14.9. The van der Waals surface area contributed by atoms with Crippen molar-refractivity contribution >= 4 is 46.2 Å². The Morgan fingerprint density at radius 1 is 0.960 bits per heavy atom. The molecule has 25 heavy (non-hydrogen) atoms. The van der Waals surface area contributed by atoms with Crippen molar-refractivity contribution in [3.63, 3.8) is 0 Å². The predicted molar refractivity (Wildman–Crippen MR) is 103 cm³/mol. The number of carbonyl (C=O) groups excluding carboxylic acids is 1. The van der Waals surface area contributed by atoms with Crippen LogP contribution in [0, 0.1) is 0 Å². The SMILES string of the molecule is CN(c1ccccc1)c1ccnc(C(=O)Nc2c(Cl)cccc2Cl)c1. The molecule has 0 spiro atoms. The lowest BCUT2D eigenvalue weighted by molar-refractivity contribution is 0.102. The molecule has 0 saturated heterocycles. The molecule has 126 valence electrons. The third-order valence-corrected chi connectivity index (χ3v) is 4.34. The van der Waals surface area contributed by atoms with Crippen molar-refractivity contribution < 1.29 is 4.79 Å². The molecule has 0 atom stereocenters. The van der Waals surface area contributed by atoms with Crippen molar-refractivity contribution in [3.8, 4) is 0 Å². The second kappa shape index (κ2) is 7.55. The monoisotopic (exact) mass is 371 g/mol. The number of anilines is 3. The number of para-hydroxylation sites is 2. The van der Waals surface area contributed by atoms with Crippen molar-refractivity contribution in [2.45, 2.75) is 0 Å². The van der Waals surface area contributed by atoms with Crippen LogP contribution < -0.4 is 10.2 Å². The van der Waals surface area contributed by atoms with Crippen LogP contribution in [0.25, 0.3) is 0 Å². The second-order valence-electron chi connectivity index (χ2n) is 5.34. The third kappa shape index (κ3) is 3.92. The Morgan fingerprint density at radius 3 is 2.32 bits per heavy atom. The number of nitrogens with zero attached hydrogens (tertiary/aromatic N) is 2. The Kier molecular flexibility index (Phi) is 5.22. The molecule has 4 nitrogen and oxygen atoms in total. The summed E-state index contributed by atoms with van der Waals surface area (Å²) >= 11 is 12.2. The van der Waals surface area contributed by atoms with Gasteiger partial charge < -0.3 is 10.2 Å². The van der Waals surface area contributed by atoms with E-state index in [1.807, 2.05) is 48.3 Å². The molecule has 0 saturated carbocycles. The van der Waals surface area contributed by atoms with Crippen LogP contribution in [0.3, 0.4) is 0 Å². The Morgan fingerprint density at radius 2 is 1.64 bits per heavy atom. The molecule has 0 radical (unpaired) electrons. The maximum Gasteiger partial charge on any atom is 0.274 e. The summed E-state index contributed by atoms with van der Waals surface area (Å²) in [5, 5.41) is 3.46. The maximum atomic E-state index is 12.5. The number of pyridine rings is 1. The van der Waals surface area contributed by atoms with E-state index in [4.69, 9.17) is 23.2 Å². The average molecular weight is 372 g/mol. The lowest BCUT2D eigenvalue weighted by Gasteiger charge is -2.19. The molecule has 3 rings (SSSR count). The van der Waals surface area contributed by atoms with E-state index in [0.717, 1.165) is 11.4 Å². The van der Waals surface area contributed by atoms with Gasteiger partial charge >= 0.3 is 0 Å². The molecule has 0 fully saturated rings. The fourth-order valence-electron chi connectivity index (χ4n) is 2.35. The van der Waals surface area contributed by atoms with E-state index in [2.05, 4.69) is 10.3 Å². The minimum atomic E-state index is -0.377. The van der Waals surface area contributed by atoms with Crippen LogP contribution in [0.5, 0.6) is 0 Å². The smallest absolute Gasteiger partial charge is 0.274 e. The van der Waals surface area contributed by atoms with E-state index >= 15 is 0 Å². The fraction of sp³-hybridized carbons (Fsp3) is 0.0526. The van der Waals surface area contributed by atoms with E-state index in [1.165, 1.54) is 0 Å². The quantitative estimate of drug-likeness (QED) is 0.666. The largest absolute Gasteiger partial charge is 0.345 e. The van der Waals surface area contributed by atoms with Gasteiger partial charge in [-0.25, -0.2) is 0 Å². The summed E-state index contributed by atoms with van der Waals surface area (Å²) in [5.41, 5.74) is 2.50. The third-order valence-electron chi connectivity index (χ3n) is 3.71. The summed E-state index contributed by atoms with van der Waals surface area (Å²) < 4.78 is 0. The number of carbonyl (C=O) groups is 1. The zero-order chi connectivity index (χ0) is 17.8. The van der Waals surface area contributed by atoms with E-state index in [0.29, 0.717) is 15.7 Å². The highest BCUT2D eigenvalue weighted by molar-refractivity contribution is 6.40. The van der Waals surface area contributed by atoms with E-state index < -0.39 is 0 Å². The molecule has 2 aromatic carbocycles. The van der Waals surface area contributed by atoms with Crippen molar-refractivity contribution in [2.24, 2.45) is 0 Å². The van der Waals surface area contributed by atoms with E-state index in [-0.39, 0.29) is 11.6 Å². The number of amides is 1. The number of hydrogen-bond acceptors (Lipinski definition) is 3. The number of rotatable bonds is 4. The summed E-state index contributed by atoms with van der Waals surface area (Å²) in [4.78, 5) is 18.6. The molecule has 0 bridgehead atoms. The van der Waals surface area contributed by atoms with Gasteiger partial charge in [-0.3, -0.25) is 9.78 Å². The van der Waals surface area contributed by atoms with Crippen LogP contribution in [0.15, 0.2) is 66.9 Å². The predicted octanol–water partition coefficient (Wildman–Crippen LogP) is 5.41. The zero-order valence-electron chi connectivity index (χ0n) is 13.4. The van der Waals surface area contributed by atoms with Crippen LogP contribution in [-0.4, -0.2) is 17.9 Å². The Hall–Kier alpha value is -2.56. The van der Waals surface area contributed by atoms with Crippen LogP contribution in [-0.2, 0) is 0 Å². The molecule has 3 aromatic rings. The van der Waals surface area contributed by atoms with E-state index in [1.54, 1.807) is 30.5 Å². The Balaban J connectivity index is 1.85. The van der Waals surface area contributed by atoms with Crippen LogP contribution in [0.2, 0.25) is 10.0 Å². The van der Waals surface area contributed by atoms with Crippen LogP contribution >= 0.6 is 23.2 Å². The maximum absolute atomic E-state index is 12.5. The van der Waals surface area contributed by atoms with Crippen LogP contribution in [0.4, 0.5) is 17.1 Å². The Bertz CT molecular complexity index is 880. The molecule has 1 N–H and O–H groups in total. The lowest BCUT2D eigenvalue weighted by atomic mass is 10.2. The molecule has 1 aromatic heterocycles. The molecular formula is C19H15Cl2N3O. The van der Waals surface area contributed by atoms with Gasteiger partial charge in [-0.2, -0.15) is 0 Å². The van der Waals surface area contributed by atoms with Crippen molar-refractivity contribution in [2.75, 3.05) is 17.3 Å². The summed E-state index contributed by atoms with van der Waals surface area (Å²) in [7, 11) is 1.93. The summed E-state index contributed by atoms with van der Waals surface area (Å²) in [6, 6.07) is 18.4. The molecule has 0 aliphatic heterocycles. The number of nitrogens with one attached hydrogen (secondary N) is 1. The first-order chi connectivity index (χ1) is 12.1. The highest BCUT2D eigenvalue weighted by Gasteiger charge is 2.14. The molecule has 0 aliphatic carbocycles. The lowest BCUT2D eigenvalue weighted by Crippen LogP contribution is -2.16. The highest BCUT2D eigenvalue weighted by atomic mass is 35.5. The normalized spacial score (nSPS) is 10.4. The minimum Gasteiger partial charge on any atom is -0.345 e. The van der Waals surface area contributed by atoms with Gasteiger partial charge in [0.1, 0.15) is 5.69 Å². The summed E-state index contributed by atoms with van der Waals surface area (Å²) in [6.45, 7) is 0. The summed E-state index contributed by atoms with van der Waals surface area (Å²) in [5.74, 6) is -0.377. The molecule has 1 heterocycles. The van der Waals surface area contributed by atoms with Crippen LogP contribution in [0.1, 0.15) is 10.5 Å². The first-order valence-electron chi connectivity index (χ1n) is 7.56. The van der Waals surface area contributed by atoms with Gasteiger partial charge in [0.05, 0.1) is 15.7 Å². The fourth-order valence-corrected chi connectivity index (χ4v) is 2.84. The van der Waals surface area contributed by atoms with Crippen molar-refractivity contribution in [3.05, 3.63) is 82.6 Å². The summed E-state index contributed by atoms with van der Waals surface area (Å²) in [6.07, 6.45) is 1.60. The van der Waals surface area contributed by atoms with Crippen molar-refractivity contribution in [1.82, 2.24) is 4.98 Å². The second-order valence-corrected chi connectivity index (χ2v) is 6.16. The molecule has 1 amide bonds. The van der Waals surface area contributed by atoms with Crippen molar-refractivity contribution in [1.29, 1.82) is 0 Å². The first-order valence-corrected chi connectivity index (χ1v) is 8.32. The van der Waals surface area contributed by atoms with Gasteiger partial charge in [-0.1, -0.05) is 47.5 Å². The molecule has 0 aliphatic rings. The molecular weight excluding hydrogens is 357 g/mol. The standard InChI is InChI=1S/C19H15Cl2N3O/c1-24(13-6-3-2-4-7-13)14-10-11-22-17(12-14)19(25)23-18-15(20)8-5-9-16(18)21/h2-12H,1H3,(H,23,25). The number of benzene rings is 2. The molecule has 0 unspecified atom stereocenters. The van der Waals surface area contributed by atoms with Gasteiger partial charge in [0.15, 0.2) is 0 Å². The Labute approximate surface area is 156 Å². The highest BCUT2D eigenvalue weighted by Crippen LogP contribution is 2.30. The number of aromatic nitrogens is 1. The van der Waals surface area contributed by atoms with Gasteiger partial charge in [-0.15, -0.1) is 0 Å². The first kappa shape index (κ1) is 17.3. The molecule has 6 heteroatoms. The van der Waals surface area contributed by atoms with Gasteiger partial charge in [0, 0.05) is 24.6 Å².